The van der Waals surface area contributed by atoms with Gasteiger partial charge in [0.15, 0.2) is 0 Å². The van der Waals surface area contributed by atoms with Crippen molar-refractivity contribution >= 4 is 23.0 Å². The lowest BCUT2D eigenvalue weighted by molar-refractivity contribution is 0.0953. The number of nitrogens with one attached hydrogen (secondary N) is 1. The maximum absolute atomic E-state index is 11.4. The molecule has 0 aromatic heterocycles. The second kappa shape index (κ2) is 10.1. The molecule has 0 saturated carbocycles. The zero-order chi connectivity index (χ0) is 17.9. The molecule has 7 N–H and O–H groups in total. The predicted octanol–water partition coefficient (Wildman–Crippen LogP) is 1.68. The average molecular weight is 329 g/mol. The van der Waals surface area contributed by atoms with E-state index < -0.39 is 0 Å². The summed E-state index contributed by atoms with van der Waals surface area (Å²) in [6.45, 7) is 1.20. The Kier molecular flexibility index (Phi) is 8.15. The Morgan fingerprint density at radius 1 is 0.958 bits per heavy atom. The van der Waals surface area contributed by atoms with E-state index in [2.05, 4.69) is 5.32 Å². The maximum Gasteiger partial charge on any atom is 0.251 e. The Labute approximate surface area is 143 Å². The van der Waals surface area contributed by atoms with Crippen LogP contribution in [0.2, 0.25) is 0 Å². The Morgan fingerprint density at radius 2 is 1.46 bits per heavy atom. The Balaban J connectivity index is 0.000000254. The third kappa shape index (κ3) is 7.02. The second-order valence-electron chi connectivity index (χ2n) is 5.51. The van der Waals surface area contributed by atoms with E-state index in [4.69, 9.17) is 17.2 Å². The molecule has 6 heteroatoms. The minimum absolute atomic E-state index is 0.0848. The Hall–Kier alpha value is -2.73. The summed E-state index contributed by atoms with van der Waals surface area (Å²) in [6.07, 6.45) is 0.792. The Bertz CT molecular complexity index is 608. The van der Waals surface area contributed by atoms with Gasteiger partial charge in [0.25, 0.3) is 5.91 Å². The minimum atomic E-state index is -0.0848. The van der Waals surface area contributed by atoms with Gasteiger partial charge in [-0.05, 0) is 61.5 Å². The van der Waals surface area contributed by atoms with Gasteiger partial charge in [0.2, 0.25) is 0 Å². The fourth-order valence-corrected chi connectivity index (χ4v) is 1.81. The van der Waals surface area contributed by atoms with Gasteiger partial charge in [-0.2, -0.15) is 0 Å². The van der Waals surface area contributed by atoms with Crippen molar-refractivity contribution in [2.24, 2.45) is 5.73 Å². The van der Waals surface area contributed by atoms with Crippen molar-refractivity contribution < 1.29 is 4.79 Å². The molecule has 0 unspecified atom stereocenters. The number of amides is 1. The standard InChI is InChI=1S/C10H15N3O.C8H12N2/c11-6-1-7-13-10(14)8-2-4-9(12)5-3-8;1-10(2)8-5-3-7(9)4-6-8/h2-5H,1,6-7,11-12H2,(H,13,14);3-6H,9H2,1-2H3. The molecule has 0 radical (unpaired) electrons. The lowest BCUT2D eigenvalue weighted by Crippen LogP contribution is -2.25. The highest BCUT2D eigenvalue weighted by molar-refractivity contribution is 5.94. The van der Waals surface area contributed by atoms with Gasteiger partial charge in [-0.25, -0.2) is 0 Å². The van der Waals surface area contributed by atoms with Crippen LogP contribution in [0.4, 0.5) is 17.1 Å². The van der Waals surface area contributed by atoms with E-state index in [1.165, 1.54) is 5.69 Å². The van der Waals surface area contributed by atoms with Gasteiger partial charge >= 0.3 is 0 Å². The van der Waals surface area contributed by atoms with Gasteiger partial charge in [-0.1, -0.05) is 0 Å². The molecule has 130 valence electrons. The molecule has 24 heavy (non-hydrogen) atoms. The largest absolute Gasteiger partial charge is 0.399 e. The van der Waals surface area contributed by atoms with Crippen LogP contribution in [0, 0.1) is 0 Å². The topological polar surface area (TPSA) is 110 Å². The monoisotopic (exact) mass is 329 g/mol. The summed E-state index contributed by atoms with van der Waals surface area (Å²) in [6, 6.07) is 14.6. The summed E-state index contributed by atoms with van der Waals surface area (Å²) < 4.78 is 0. The fraction of sp³-hybridized carbons (Fsp3) is 0.278. The molecular weight excluding hydrogens is 302 g/mol. The molecule has 2 aromatic rings. The van der Waals surface area contributed by atoms with Gasteiger partial charge in [-0.3, -0.25) is 4.79 Å². The van der Waals surface area contributed by atoms with E-state index in [1.54, 1.807) is 24.3 Å². The number of nitrogens with zero attached hydrogens (tertiary/aromatic N) is 1. The van der Waals surface area contributed by atoms with Gasteiger partial charge in [0.1, 0.15) is 0 Å². The van der Waals surface area contributed by atoms with Gasteiger partial charge in [0.05, 0.1) is 0 Å². The van der Waals surface area contributed by atoms with Crippen LogP contribution in [0.1, 0.15) is 16.8 Å². The van der Waals surface area contributed by atoms with Gasteiger partial charge in [-0.15, -0.1) is 0 Å². The number of nitrogens with two attached hydrogens (primary N) is 3. The number of nitrogen functional groups attached to an aromatic ring is 2. The smallest absolute Gasteiger partial charge is 0.251 e. The van der Waals surface area contributed by atoms with Crippen molar-refractivity contribution in [3.05, 3.63) is 54.1 Å². The normalized spacial score (nSPS) is 9.62. The summed E-state index contributed by atoms with van der Waals surface area (Å²) in [5.74, 6) is -0.0848. The quantitative estimate of drug-likeness (QED) is 0.493. The number of hydrogen-bond acceptors (Lipinski definition) is 5. The molecule has 0 aliphatic carbocycles. The van der Waals surface area contributed by atoms with Crippen LogP contribution in [0.5, 0.6) is 0 Å². The molecule has 2 aromatic carbocycles. The number of benzene rings is 2. The first kappa shape index (κ1) is 19.3. The van der Waals surface area contributed by atoms with E-state index in [0.29, 0.717) is 24.3 Å². The van der Waals surface area contributed by atoms with E-state index in [9.17, 15) is 4.79 Å². The summed E-state index contributed by atoms with van der Waals surface area (Å²) >= 11 is 0. The number of carbonyl (C=O) groups excluding carboxylic acids is 1. The first-order chi connectivity index (χ1) is 11.4. The molecule has 0 heterocycles. The summed E-state index contributed by atoms with van der Waals surface area (Å²) in [7, 11) is 4.01. The summed E-state index contributed by atoms with van der Waals surface area (Å²) in [5.41, 5.74) is 19.6. The molecule has 0 aliphatic rings. The number of hydrogen-bond donors (Lipinski definition) is 4. The molecular formula is C18H27N5O. The van der Waals surface area contributed by atoms with E-state index in [0.717, 1.165) is 12.1 Å². The zero-order valence-electron chi connectivity index (χ0n) is 14.3. The van der Waals surface area contributed by atoms with Crippen LogP contribution < -0.4 is 27.4 Å². The number of rotatable bonds is 5. The van der Waals surface area contributed by atoms with Crippen molar-refractivity contribution in [2.45, 2.75) is 6.42 Å². The lowest BCUT2D eigenvalue weighted by Gasteiger charge is -2.11. The third-order valence-electron chi connectivity index (χ3n) is 3.25. The van der Waals surface area contributed by atoms with Crippen LogP contribution >= 0.6 is 0 Å². The summed E-state index contributed by atoms with van der Waals surface area (Å²) in [5, 5.41) is 2.76. The highest BCUT2D eigenvalue weighted by atomic mass is 16.1. The van der Waals surface area contributed by atoms with Crippen LogP contribution in [-0.2, 0) is 0 Å². The van der Waals surface area contributed by atoms with Crippen molar-refractivity contribution in [1.29, 1.82) is 0 Å². The van der Waals surface area contributed by atoms with Crippen LogP contribution in [-0.4, -0.2) is 33.1 Å². The molecule has 0 spiro atoms. The molecule has 2 rings (SSSR count). The van der Waals surface area contributed by atoms with E-state index >= 15 is 0 Å². The molecule has 1 amide bonds. The SMILES string of the molecule is CN(C)c1ccc(N)cc1.NCCCNC(=O)c1ccc(N)cc1. The highest BCUT2D eigenvalue weighted by Crippen LogP contribution is 2.12. The molecule has 0 aliphatic heterocycles. The zero-order valence-corrected chi connectivity index (χ0v) is 14.3. The number of carbonyl (C=O) groups is 1. The summed E-state index contributed by atoms with van der Waals surface area (Å²) in [4.78, 5) is 13.5. The predicted molar refractivity (Wildman–Crippen MR) is 102 cm³/mol. The van der Waals surface area contributed by atoms with Crippen molar-refractivity contribution in [3.63, 3.8) is 0 Å². The lowest BCUT2D eigenvalue weighted by atomic mass is 10.2. The molecule has 0 atom stereocenters. The second-order valence-corrected chi connectivity index (χ2v) is 5.51. The van der Waals surface area contributed by atoms with Crippen molar-refractivity contribution in [1.82, 2.24) is 5.32 Å². The van der Waals surface area contributed by atoms with Crippen LogP contribution in [0.25, 0.3) is 0 Å². The van der Waals surface area contributed by atoms with Gasteiger partial charge in [0, 0.05) is 43.3 Å². The first-order valence-corrected chi connectivity index (χ1v) is 7.80. The first-order valence-electron chi connectivity index (χ1n) is 7.80. The molecule has 0 bridgehead atoms. The van der Waals surface area contributed by atoms with Crippen LogP contribution in [0.15, 0.2) is 48.5 Å². The van der Waals surface area contributed by atoms with E-state index in [1.807, 2.05) is 43.3 Å². The van der Waals surface area contributed by atoms with Crippen molar-refractivity contribution in [3.8, 4) is 0 Å². The molecule has 6 nitrogen and oxygen atoms in total. The fourth-order valence-electron chi connectivity index (χ4n) is 1.81. The third-order valence-corrected chi connectivity index (χ3v) is 3.25. The number of anilines is 3. The molecule has 0 saturated heterocycles. The minimum Gasteiger partial charge on any atom is -0.399 e. The van der Waals surface area contributed by atoms with Crippen LogP contribution in [0.3, 0.4) is 0 Å². The average Bonchev–Trinajstić information content (AvgIpc) is 2.56. The van der Waals surface area contributed by atoms with Gasteiger partial charge < -0.3 is 27.4 Å². The Morgan fingerprint density at radius 3 is 1.92 bits per heavy atom. The maximum atomic E-state index is 11.4. The highest BCUT2D eigenvalue weighted by Gasteiger charge is 2.02. The van der Waals surface area contributed by atoms with E-state index in [-0.39, 0.29) is 5.91 Å². The van der Waals surface area contributed by atoms with Crippen molar-refractivity contribution in [2.75, 3.05) is 43.6 Å². The molecule has 0 fully saturated rings.